The summed E-state index contributed by atoms with van der Waals surface area (Å²) in [6, 6.07) is 4.17. The van der Waals surface area contributed by atoms with Crippen molar-refractivity contribution in [1.29, 1.82) is 0 Å². The summed E-state index contributed by atoms with van der Waals surface area (Å²) in [5.41, 5.74) is 0.142. The Balaban J connectivity index is 1.98. The highest BCUT2D eigenvalue weighted by atomic mass is 16.5. The molecule has 0 aromatic carbocycles. The lowest BCUT2D eigenvalue weighted by atomic mass is 9.98. The Bertz CT molecular complexity index is 344. The van der Waals surface area contributed by atoms with Crippen LogP contribution < -0.4 is 9.30 Å². The van der Waals surface area contributed by atoms with Gasteiger partial charge in [0.25, 0.3) is 0 Å². The van der Waals surface area contributed by atoms with Gasteiger partial charge < -0.3 is 4.74 Å². The number of rotatable bonds is 2. The van der Waals surface area contributed by atoms with Gasteiger partial charge in [0.2, 0.25) is 0 Å². The third kappa shape index (κ3) is 3.45. The Hall–Kier alpha value is -1.05. The van der Waals surface area contributed by atoms with E-state index in [0.717, 1.165) is 5.75 Å². The van der Waals surface area contributed by atoms with E-state index in [0.29, 0.717) is 6.10 Å². The van der Waals surface area contributed by atoms with Gasteiger partial charge in [0.05, 0.1) is 6.10 Å². The van der Waals surface area contributed by atoms with E-state index in [4.69, 9.17) is 4.74 Å². The number of ether oxygens (including phenoxy) is 1. The third-order valence-corrected chi connectivity index (χ3v) is 3.43. The minimum Gasteiger partial charge on any atom is -0.490 e. The maximum Gasteiger partial charge on any atom is 0.172 e. The summed E-state index contributed by atoms with van der Waals surface area (Å²) in [7, 11) is 0. The molecule has 0 atom stereocenters. The average molecular weight is 234 g/mol. The second-order valence-corrected chi connectivity index (χ2v) is 5.99. The number of pyridine rings is 1. The van der Waals surface area contributed by atoms with Crippen molar-refractivity contribution in [3.63, 3.8) is 0 Å². The first-order valence-electron chi connectivity index (χ1n) is 6.74. The number of aromatic nitrogens is 1. The molecule has 1 aromatic heterocycles. The van der Waals surface area contributed by atoms with Crippen LogP contribution >= 0.6 is 0 Å². The Morgan fingerprint density at radius 1 is 1.06 bits per heavy atom. The van der Waals surface area contributed by atoms with Crippen LogP contribution in [0.4, 0.5) is 0 Å². The van der Waals surface area contributed by atoms with Crippen molar-refractivity contribution in [2.45, 2.75) is 64.5 Å². The molecule has 1 fully saturated rings. The van der Waals surface area contributed by atoms with E-state index in [9.17, 15) is 0 Å². The van der Waals surface area contributed by atoms with Crippen molar-refractivity contribution in [2.24, 2.45) is 0 Å². The third-order valence-electron chi connectivity index (χ3n) is 3.43. The number of hydrogen-bond acceptors (Lipinski definition) is 1. The van der Waals surface area contributed by atoms with E-state index < -0.39 is 0 Å². The molecule has 1 aliphatic carbocycles. The fourth-order valence-corrected chi connectivity index (χ4v) is 2.31. The van der Waals surface area contributed by atoms with Crippen LogP contribution in [-0.2, 0) is 5.54 Å². The van der Waals surface area contributed by atoms with Crippen molar-refractivity contribution in [3.05, 3.63) is 24.5 Å². The van der Waals surface area contributed by atoms with Crippen LogP contribution in [0, 0.1) is 0 Å². The zero-order valence-corrected chi connectivity index (χ0v) is 11.3. The largest absolute Gasteiger partial charge is 0.490 e. The van der Waals surface area contributed by atoms with Gasteiger partial charge in [-0.25, -0.2) is 4.57 Å². The fourth-order valence-electron chi connectivity index (χ4n) is 2.31. The van der Waals surface area contributed by atoms with E-state index in [2.05, 4.69) is 49.9 Å². The van der Waals surface area contributed by atoms with Gasteiger partial charge in [-0.2, -0.15) is 0 Å². The molecule has 2 rings (SSSR count). The average Bonchev–Trinajstić information content (AvgIpc) is 2.30. The van der Waals surface area contributed by atoms with Crippen molar-refractivity contribution in [2.75, 3.05) is 0 Å². The van der Waals surface area contributed by atoms with Crippen LogP contribution in [0.15, 0.2) is 24.5 Å². The molecule has 0 N–H and O–H groups in total. The standard InChI is InChI=1S/C15H24NO/c1-15(2,3)16-11-9-14(10-12-16)17-13-7-5-4-6-8-13/h9-13H,4-8H2,1-3H3/q+1. The summed E-state index contributed by atoms with van der Waals surface area (Å²) in [4.78, 5) is 0. The van der Waals surface area contributed by atoms with Crippen molar-refractivity contribution < 1.29 is 9.30 Å². The van der Waals surface area contributed by atoms with Gasteiger partial charge in [-0.15, -0.1) is 0 Å². The van der Waals surface area contributed by atoms with Crippen LogP contribution in [0.3, 0.4) is 0 Å². The first kappa shape index (κ1) is 12.4. The summed E-state index contributed by atoms with van der Waals surface area (Å²) in [5.74, 6) is 1.01. The molecule has 1 aliphatic rings. The lowest BCUT2D eigenvalue weighted by molar-refractivity contribution is -0.754. The molecule has 0 saturated heterocycles. The molecule has 17 heavy (non-hydrogen) atoms. The first-order valence-corrected chi connectivity index (χ1v) is 6.74. The molecule has 2 heteroatoms. The fraction of sp³-hybridized carbons (Fsp3) is 0.667. The monoisotopic (exact) mass is 234 g/mol. The molecule has 1 saturated carbocycles. The predicted molar refractivity (Wildman–Crippen MR) is 69.1 cm³/mol. The summed E-state index contributed by atoms with van der Waals surface area (Å²) in [6.07, 6.45) is 11.1. The first-order chi connectivity index (χ1) is 8.05. The van der Waals surface area contributed by atoms with Crippen molar-refractivity contribution in [3.8, 4) is 5.75 Å². The van der Waals surface area contributed by atoms with Gasteiger partial charge >= 0.3 is 0 Å². The van der Waals surface area contributed by atoms with E-state index in [1.807, 2.05) is 0 Å². The van der Waals surface area contributed by atoms with Gasteiger partial charge in [0.1, 0.15) is 5.75 Å². The van der Waals surface area contributed by atoms with Gasteiger partial charge in [0.15, 0.2) is 17.9 Å². The summed E-state index contributed by atoms with van der Waals surface area (Å²) < 4.78 is 8.22. The van der Waals surface area contributed by atoms with Crippen LogP contribution in [0.2, 0.25) is 0 Å². The molecule has 2 nitrogen and oxygen atoms in total. The maximum absolute atomic E-state index is 6.01. The molecule has 1 aromatic rings. The lowest BCUT2D eigenvalue weighted by Crippen LogP contribution is -2.49. The minimum atomic E-state index is 0.142. The lowest BCUT2D eigenvalue weighted by Gasteiger charge is -2.22. The van der Waals surface area contributed by atoms with Crippen molar-refractivity contribution >= 4 is 0 Å². The van der Waals surface area contributed by atoms with Crippen molar-refractivity contribution in [1.82, 2.24) is 0 Å². The van der Waals surface area contributed by atoms with Crippen LogP contribution in [0.25, 0.3) is 0 Å². The molecular weight excluding hydrogens is 210 g/mol. The molecule has 0 spiro atoms. The highest BCUT2D eigenvalue weighted by molar-refractivity contribution is 5.15. The van der Waals surface area contributed by atoms with Crippen LogP contribution in [-0.4, -0.2) is 6.10 Å². The normalized spacial score (nSPS) is 18.1. The van der Waals surface area contributed by atoms with E-state index in [1.165, 1.54) is 32.1 Å². The maximum atomic E-state index is 6.01. The second kappa shape index (κ2) is 5.07. The Labute approximate surface area is 105 Å². The zero-order chi connectivity index (χ0) is 12.3. The van der Waals surface area contributed by atoms with E-state index in [1.54, 1.807) is 0 Å². The molecule has 0 radical (unpaired) electrons. The minimum absolute atomic E-state index is 0.142. The second-order valence-electron chi connectivity index (χ2n) is 5.99. The van der Waals surface area contributed by atoms with Gasteiger partial charge in [-0.05, 0) is 25.7 Å². The topological polar surface area (TPSA) is 13.1 Å². The zero-order valence-electron chi connectivity index (χ0n) is 11.3. The number of nitrogens with zero attached hydrogens (tertiary/aromatic N) is 1. The smallest absolute Gasteiger partial charge is 0.172 e. The summed E-state index contributed by atoms with van der Waals surface area (Å²) >= 11 is 0. The molecule has 0 aliphatic heterocycles. The molecule has 0 bridgehead atoms. The SMILES string of the molecule is CC(C)(C)[n+]1ccc(OC2CCCCC2)cc1. The molecular formula is C15H24NO+. The van der Waals surface area contributed by atoms with E-state index >= 15 is 0 Å². The molecule has 0 unspecified atom stereocenters. The summed E-state index contributed by atoms with van der Waals surface area (Å²) in [5, 5.41) is 0. The van der Waals surface area contributed by atoms with Gasteiger partial charge in [-0.1, -0.05) is 6.42 Å². The Morgan fingerprint density at radius 3 is 2.18 bits per heavy atom. The number of hydrogen-bond donors (Lipinski definition) is 0. The van der Waals surface area contributed by atoms with Crippen LogP contribution in [0.1, 0.15) is 52.9 Å². The molecule has 0 amide bonds. The van der Waals surface area contributed by atoms with Crippen LogP contribution in [0.5, 0.6) is 5.75 Å². The quantitative estimate of drug-likeness (QED) is 0.714. The predicted octanol–water partition coefficient (Wildman–Crippen LogP) is 3.44. The highest BCUT2D eigenvalue weighted by Crippen LogP contribution is 2.22. The molecule has 1 heterocycles. The Morgan fingerprint density at radius 2 is 1.65 bits per heavy atom. The highest BCUT2D eigenvalue weighted by Gasteiger charge is 2.21. The van der Waals surface area contributed by atoms with Gasteiger partial charge in [-0.3, -0.25) is 0 Å². The van der Waals surface area contributed by atoms with Gasteiger partial charge in [0, 0.05) is 32.9 Å². The molecule has 94 valence electrons. The van der Waals surface area contributed by atoms with E-state index in [-0.39, 0.29) is 5.54 Å². The summed E-state index contributed by atoms with van der Waals surface area (Å²) in [6.45, 7) is 6.61. The Kier molecular flexibility index (Phi) is 3.70.